The lowest BCUT2D eigenvalue weighted by Crippen LogP contribution is -2.03. The summed E-state index contributed by atoms with van der Waals surface area (Å²) in [5, 5.41) is 5.09. The zero-order valence-electron chi connectivity index (χ0n) is 13.6. The van der Waals surface area contributed by atoms with Crippen molar-refractivity contribution in [1.82, 2.24) is 4.98 Å². The molecule has 0 atom stereocenters. The highest BCUT2D eigenvalue weighted by molar-refractivity contribution is 8.00. The van der Waals surface area contributed by atoms with E-state index in [9.17, 15) is 8.78 Å². The largest absolute Gasteiger partial charge is 0.497 e. The first-order chi connectivity index (χ1) is 12.6. The van der Waals surface area contributed by atoms with E-state index in [1.54, 1.807) is 11.6 Å². The number of ether oxygens (including phenoxy) is 1. The topological polar surface area (TPSA) is 46.2 Å². The molecule has 26 heavy (non-hydrogen) atoms. The van der Waals surface area contributed by atoms with E-state index in [1.807, 2.05) is 5.38 Å². The fourth-order valence-electron chi connectivity index (χ4n) is 2.12. The van der Waals surface area contributed by atoms with Crippen LogP contribution in [0.3, 0.4) is 0 Å². The molecule has 0 amide bonds. The first-order valence-electron chi connectivity index (χ1n) is 7.43. The standard InChI is InChI=1S/C17H14ClF2N3OS2/c1-24-11-2-3-13(19)10(4-11)7-21-15-6-14(20)16(5-12(15)18)26-23-17-8-25-9-22-17/h2-6,8-9,21,23H,7H2,1H3. The van der Waals surface area contributed by atoms with E-state index < -0.39 is 5.82 Å². The van der Waals surface area contributed by atoms with Gasteiger partial charge in [0.05, 0.1) is 28.2 Å². The van der Waals surface area contributed by atoms with Gasteiger partial charge in [-0.1, -0.05) is 11.6 Å². The summed E-state index contributed by atoms with van der Waals surface area (Å²) in [6.45, 7) is 0.145. The predicted octanol–water partition coefficient (Wildman–Crippen LogP) is 5.81. The number of methoxy groups -OCH3 is 1. The molecule has 0 radical (unpaired) electrons. The van der Waals surface area contributed by atoms with Gasteiger partial charge in [0.1, 0.15) is 23.2 Å². The lowest BCUT2D eigenvalue weighted by atomic mass is 10.2. The van der Waals surface area contributed by atoms with Crippen LogP contribution < -0.4 is 14.8 Å². The van der Waals surface area contributed by atoms with Crippen molar-refractivity contribution < 1.29 is 13.5 Å². The SMILES string of the molecule is COc1ccc(F)c(CNc2cc(F)c(SNc3cscn3)cc2Cl)c1. The Bertz CT molecular complexity index is 894. The molecule has 0 aliphatic carbocycles. The Morgan fingerprint density at radius 2 is 2.08 bits per heavy atom. The van der Waals surface area contributed by atoms with E-state index in [4.69, 9.17) is 16.3 Å². The zero-order valence-corrected chi connectivity index (χ0v) is 15.9. The Morgan fingerprint density at radius 1 is 1.23 bits per heavy atom. The van der Waals surface area contributed by atoms with Crippen LogP contribution in [0, 0.1) is 11.6 Å². The molecule has 0 unspecified atom stereocenters. The van der Waals surface area contributed by atoms with Crippen molar-refractivity contribution in [1.29, 1.82) is 0 Å². The third-order valence-corrected chi connectivity index (χ3v) is 5.18. The molecule has 0 fully saturated rings. The number of rotatable bonds is 7. The Balaban J connectivity index is 1.70. The van der Waals surface area contributed by atoms with E-state index in [2.05, 4.69) is 15.0 Å². The van der Waals surface area contributed by atoms with Crippen molar-refractivity contribution in [2.24, 2.45) is 0 Å². The van der Waals surface area contributed by atoms with Gasteiger partial charge in [-0.3, -0.25) is 0 Å². The van der Waals surface area contributed by atoms with Gasteiger partial charge in [-0.15, -0.1) is 11.3 Å². The maximum atomic E-state index is 14.3. The van der Waals surface area contributed by atoms with Crippen LogP contribution in [-0.2, 0) is 6.54 Å². The van der Waals surface area contributed by atoms with Crippen LogP contribution in [0.5, 0.6) is 5.75 Å². The Labute approximate surface area is 162 Å². The third kappa shape index (κ3) is 4.57. The van der Waals surface area contributed by atoms with Crippen molar-refractivity contribution >= 4 is 46.4 Å². The molecule has 1 aromatic heterocycles. The van der Waals surface area contributed by atoms with Crippen LogP contribution in [0.25, 0.3) is 0 Å². The minimum atomic E-state index is -0.448. The number of aromatic nitrogens is 1. The Kier molecular flexibility index (Phi) is 6.18. The first-order valence-corrected chi connectivity index (χ1v) is 9.57. The minimum Gasteiger partial charge on any atom is -0.497 e. The van der Waals surface area contributed by atoms with Gasteiger partial charge in [0, 0.05) is 17.5 Å². The molecule has 0 bridgehead atoms. The van der Waals surface area contributed by atoms with Gasteiger partial charge in [-0.05, 0) is 42.3 Å². The summed E-state index contributed by atoms with van der Waals surface area (Å²) in [6.07, 6.45) is 0. The van der Waals surface area contributed by atoms with Crippen LogP contribution >= 0.6 is 34.9 Å². The predicted molar refractivity (Wildman–Crippen MR) is 103 cm³/mol. The average Bonchev–Trinajstić information content (AvgIpc) is 3.15. The summed E-state index contributed by atoms with van der Waals surface area (Å²) in [5.74, 6) is 0.358. The summed E-state index contributed by atoms with van der Waals surface area (Å²) in [7, 11) is 1.51. The van der Waals surface area contributed by atoms with Crippen molar-refractivity contribution in [3.8, 4) is 5.75 Å². The van der Waals surface area contributed by atoms with Gasteiger partial charge in [0.15, 0.2) is 0 Å². The molecule has 4 nitrogen and oxygen atoms in total. The number of thiazole rings is 1. The molecule has 2 aromatic carbocycles. The van der Waals surface area contributed by atoms with Crippen molar-refractivity contribution in [3.63, 3.8) is 0 Å². The fourth-order valence-corrected chi connectivity index (χ4v) is 3.63. The van der Waals surface area contributed by atoms with E-state index in [-0.39, 0.29) is 12.4 Å². The number of benzene rings is 2. The Hall–Kier alpha value is -2.03. The highest BCUT2D eigenvalue weighted by Crippen LogP contribution is 2.32. The van der Waals surface area contributed by atoms with E-state index >= 15 is 0 Å². The maximum Gasteiger partial charge on any atom is 0.147 e. The molecule has 2 N–H and O–H groups in total. The molecule has 9 heteroatoms. The lowest BCUT2D eigenvalue weighted by Gasteiger charge is -2.12. The number of hydrogen-bond acceptors (Lipinski definition) is 6. The molecule has 0 saturated carbocycles. The van der Waals surface area contributed by atoms with Crippen molar-refractivity contribution in [3.05, 3.63) is 63.4 Å². The van der Waals surface area contributed by atoms with Crippen LogP contribution in [0.2, 0.25) is 5.02 Å². The second kappa shape index (κ2) is 8.57. The zero-order chi connectivity index (χ0) is 18.5. The second-order valence-corrected chi connectivity index (χ2v) is 7.13. The summed E-state index contributed by atoms with van der Waals surface area (Å²) >= 11 is 8.74. The van der Waals surface area contributed by atoms with Crippen LogP contribution in [0.4, 0.5) is 20.3 Å². The molecular formula is C17H14ClF2N3OS2. The fraction of sp³-hybridized carbons (Fsp3) is 0.118. The molecule has 3 aromatic rings. The number of anilines is 2. The molecule has 0 aliphatic heterocycles. The third-order valence-electron chi connectivity index (χ3n) is 3.44. The summed E-state index contributed by atoms with van der Waals surface area (Å²) in [4.78, 5) is 4.39. The highest BCUT2D eigenvalue weighted by Gasteiger charge is 2.11. The van der Waals surface area contributed by atoms with Gasteiger partial charge < -0.3 is 14.8 Å². The lowest BCUT2D eigenvalue weighted by molar-refractivity contribution is 0.413. The normalized spacial score (nSPS) is 10.6. The smallest absolute Gasteiger partial charge is 0.147 e. The number of hydrogen-bond donors (Lipinski definition) is 2. The molecule has 0 spiro atoms. The molecule has 0 saturated heterocycles. The summed E-state index contributed by atoms with van der Waals surface area (Å²) < 4.78 is 36.2. The number of halogens is 3. The van der Waals surface area contributed by atoms with E-state index in [0.717, 1.165) is 11.9 Å². The molecule has 136 valence electrons. The van der Waals surface area contributed by atoms with Gasteiger partial charge in [0.2, 0.25) is 0 Å². The van der Waals surface area contributed by atoms with Crippen molar-refractivity contribution in [2.75, 3.05) is 17.1 Å². The van der Waals surface area contributed by atoms with Gasteiger partial charge in [-0.25, -0.2) is 13.8 Å². The molecule has 3 rings (SSSR count). The molecular weight excluding hydrogens is 400 g/mol. The summed E-state index contributed by atoms with van der Waals surface area (Å²) in [6, 6.07) is 7.22. The summed E-state index contributed by atoms with van der Waals surface area (Å²) in [5.41, 5.74) is 2.45. The van der Waals surface area contributed by atoms with Gasteiger partial charge >= 0.3 is 0 Å². The van der Waals surface area contributed by atoms with Crippen LogP contribution in [0.15, 0.2) is 46.1 Å². The van der Waals surface area contributed by atoms with Crippen LogP contribution in [0.1, 0.15) is 5.56 Å². The van der Waals surface area contributed by atoms with Crippen molar-refractivity contribution in [2.45, 2.75) is 11.4 Å². The average molecular weight is 414 g/mol. The second-order valence-electron chi connectivity index (χ2n) is 5.15. The van der Waals surface area contributed by atoms with Crippen LogP contribution in [-0.4, -0.2) is 12.1 Å². The quantitative estimate of drug-likeness (QED) is 0.478. The van der Waals surface area contributed by atoms with Gasteiger partial charge in [0.25, 0.3) is 0 Å². The van der Waals surface area contributed by atoms with E-state index in [1.165, 1.54) is 42.7 Å². The minimum absolute atomic E-state index is 0.145. The first kappa shape index (κ1) is 18.8. The van der Waals surface area contributed by atoms with E-state index in [0.29, 0.717) is 32.7 Å². The number of nitrogens with zero attached hydrogens (tertiary/aromatic N) is 1. The number of nitrogens with one attached hydrogen (secondary N) is 2. The maximum absolute atomic E-state index is 14.3. The monoisotopic (exact) mass is 413 g/mol. The van der Waals surface area contributed by atoms with Gasteiger partial charge in [-0.2, -0.15) is 0 Å². The molecule has 0 aliphatic rings. The highest BCUT2D eigenvalue weighted by atomic mass is 35.5. The molecule has 1 heterocycles. The Morgan fingerprint density at radius 3 is 2.81 bits per heavy atom.